The van der Waals surface area contributed by atoms with E-state index < -0.39 is 0 Å². The van der Waals surface area contributed by atoms with Crippen molar-refractivity contribution in [3.8, 4) is 0 Å². The smallest absolute Gasteiger partial charge is 0.275 e. The largest absolute Gasteiger partial charge is 0.361 e. The molecule has 0 aliphatic carbocycles. The van der Waals surface area contributed by atoms with Gasteiger partial charge >= 0.3 is 0 Å². The first-order chi connectivity index (χ1) is 9.61. The molecule has 3 N–H and O–H groups in total. The van der Waals surface area contributed by atoms with Crippen LogP contribution in [-0.2, 0) is 6.54 Å². The highest BCUT2D eigenvalue weighted by Crippen LogP contribution is 2.20. The molecule has 106 valence electrons. The fourth-order valence-electron chi connectivity index (χ4n) is 1.79. The minimum Gasteiger partial charge on any atom is -0.361 e. The minimum atomic E-state index is -0.267. The number of anilines is 2. The molecule has 2 aromatic heterocycles. The zero-order chi connectivity index (χ0) is 14.5. The summed E-state index contributed by atoms with van der Waals surface area (Å²) in [4.78, 5) is 22.3. The van der Waals surface area contributed by atoms with E-state index in [1.807, 2.05) is 19.0 Å². The van der Waals surface area contributed by atoms with E-state index in [4.69, 9.17) is 5.73 Å². The van der Waals surface area contributed by atoms with Gasteiger partial charge in [-0.2, -0.15) is 0 Å². The average Bonchev–Trinajstić information content (AvgIpc) is 2.88. The Morgan fingerprint density at radius 1 is 1.45 bits per heavy atom. The molecule has 0 saturated heterocycles. The summed E-state index contributed by atoms with van der Waals surface area (Å²) in [5, 5.41) is 2.81. The van der Waals surface area contributed by atoms with Gasteiger partial charge in [0.25, 0.3) is 5.91 Å². The fourth-order valence-corrected chi connectivity index (χ4v) is 1.79. The lowest BCUT2D eigenvalue weighted by atomic mass is 10.3. The van der Waals surface area contributed by atoms with Gasteiger partial charge in [-0.3, -0.25) is 4.79 Å². The Bertz CT molecular complexity index is 592. The number of nitrogens with two attached hydrogens (primary N) is 1. The quantitative estimate of drug-likeness (QED) is 0.831. The Morgan fingerprint density at radius 3 is 2.95 bits per heavy atom. The van der Waals surface area contributed by atoms with Crippen LogP contribution in [0, 0.1) is 0 Å². The molecule has 0 bridgehead atoms. The van der Waals surface area contributed by atoms with Crippen molar-refractivity contribution in [3.05, 3.63) is 36.5 Å². The number of nitrogens with zero attached hydrogens (tertiary/aromatic N) is 4. The standard InChI is InChI=1S/C13H18N6O/c1-18(2)12-10(4-3-6-15-12)17-13(20)11-8-19(7-5-14)9-16-11/h3-4,6,8-9H,5,7,14H2,1-2H3,(H,17,20). The Labute approximate surface area is 117 Å². The molecule has 7 nitrogen and oxygen atoms in total. The molecular weight excluding hydrogens is 256 g/mol. The van der Waals surface area contributed by atoms with E-state index >= 15 is 0 Å². The molecule has 2 rings (SSSR count). The van der Waals surface area contributed by atoms with Crippen LogP contribution >= 0.6 is 0 Å². The van der Waals surface area contributed by atoms with E-state index in [0.717, 1.165) is 0 Å². The molecule has 0 fully saturated rings. The normalized spacial score (nSPS) is 10.3. The third kappa shape index (κ3) is 3.12. The second-order valence-corrected chi connectivity index (χ2v) is 4.51. The van der Waals surface area contributed by atoms with Crippen LogP contribution in [0.25, 0.3) is 0 Å². The molecule has 0 aliphatic heterocycles. The van der Waals surface area contributed by atoms with Gasteiger partial charge in [0.05, 0.1) is 12.0 Å². The van der Waals surface area contributed by atoms with Crippen LogP contribution in [0.3, 0.4) is 0 Å². The van der Waals surface area contributed by atoms with Crippen molar-refractivity contribution in [2.75, 3.05) is 30.9 Å². The van der Waals surface area contributed by atoms with Crippen LogP contribution in [0.5, 0.6) is 0 Å². The molecule has 0 unspecified atom stereocenters. The van der Waals surface area contributed by atoms with E-state index in [1.54, 1.807) is 35.4 Å². The molecule has 1 amide bonds. The van der Waals surface area contributed by atoms with Gasteiger partial charge in [-0.1, -0.05) is 0 Å². The highest BCUT2D eigenvalue weighted by molar-refractivity contribution is 6.04. The molecule has 2 heterocycles. The predicted molar refractivity (Wildman–Crippen MR) is 77.8 cm³/mol. The highest BCUT2D eigenvalue weighted by atomic mass is 16.1. The SMILES string of the molecule is CN(C)c1ncccc1NC(=O)c1cn(CCN)cn1. The molecule has 0 aliphatic rings. The number of rotatable bonds is 5. The number of nitrogens with one attached hydrogen (secondary N) is 1. The van der Waals surface area contributed by atoms with E-state index in [0.29, 0.717) is 30.3 Å². The maximum atomic E-state index is 12.1. The van der Waals surface area contributed by atoms with Crippen LogP contribution in [0.15, 0.2) is 30.9 Å². The Hall–Kier alpha value is -2.41. The summed E-state index contributed by atoms with van der Waals surface area (Å²) < 4.78 is 1.78. The van der Waals surface area contributed by atoms with Gasteiger partial charge < -0.3 is 20.5 Å². The Kier molecular flexibility index (Phi) is 4.31. The summed E-state index contributed by atoms with van der Waals surface area (Å²) in [5.74, 6) is 0.430. The number of hydrogen-bond acceptors (Lipinski definition) is 5. The van der Waals surface area contributed by atoms with Crippen LogP contribution in [0.1, 0.15) is 10.5 Å². The first kappa shape index (κ1) is 14.0. The molecule has 0 aromatic carbocycles. The zero-order valence-electron chi connectivity index (χ0n) is 11.6. The maximum Gasteiger partial charge on any atom is 0.275 e. The lowest BCUT2D eigenvalue weighted by Gasteiger charge is -2.15. The number of carbonyl (C=O) groups excluding carboxylic acids is 1. The number of pyridine rings is 1. The van der Waals surface area contributed by atoms with Gasteiger partial charge in [-0.05, 0) is 12.1 Å². The summed E-state index contributed by atoms with van der Waals surface area (Å²) >= 11 is 0. The predicted octanol–water partition coefficient (Wildman–Crippen LogP) is 0.555. The van der Waals surface area contributed by atoms with Crippen molar-refractivity contribution >= 4 is 17.4 Å². The van der Waals surface area contributed by atoms with Crippen LogP contribution in [-0.4, -0.2) is 41.1 Å². The van der Waals surface area contributed by atoms with Gasteiger partial charge in [0.15, 0.2) is 5.82 Å². The van der Waals surface area contributed by atoms with E-state index in [2.05, 4.69) is 15.3 Å². The van der Waals surface area contributed by atoms with Crippen molar-refractivity contribution in [1.82, 2.24) is 14.5 Å². The minimum absolute atomic E-state index is 0.267. The van der Waals surface area contributed by atoms with Crippen LogP contribution in [0.4, 0.5) is 11.5 Å². The molecule has 0 spiro atoms. The summed E-state index contributed by atoms with van der Waals surface area (Å²) in [7, 11) is 3.74. The first-order valence-corrected chi connectivity index (χ1v) is 6.27. The number of hydrogen-bond donors (Lipinski definition) is 2. The van der Waals surface area contributed by atoms with Crippen molar-refractivity contribution in [2.45, 2.75) is 6.54 Å². The summed E-state index contributed by atoms with van der Waals surface area (Å²) in [6.45, 7) is 1.14. The highest BCUT2D eigenvalue weighted by Gasteiger charge is 2.13. The number of carbonyl (C=O) groups is 1. The van der Waals surface area contributed by atoms with Crippen molar-refractivity contribution in [1.29, 1.82) is 0 Å². The number of aromatic nitrogens is 3. The second-order valence-electron chi connectivity index (χ2n) is 4.51. The lowest BCUT2D eigenvalue weighted by molar-refractivity contribution is 0.102. The number of amides is 1. The van der Waals surface area contributed by atoms with Gasteiger partial charge in [0.1, 0.15) is 5.69 Å². The first-order valence-electron chi connectivity index (χ1n) is 6.27. The Balaban J connectivity index is 2.15. The average molecular weight is 274 g/mol. The summed E-state index contributed by atoms with van der Waals surface area (Å²) in [5.41, 5.74) is 6.46. The maximum absolute atomic E-state index is 12.1. The fraction of sp³-hybridized carbons (Fsp3) is 0.308. The van der Waals surface area contributed by atoms with E-state index in [1.165, 1.54) is 0 Å². The third-order valence-corrected chi connectivity index (χ3v) is 2.71. The molecule has 0 atom stereocenters. The molecular formula is C13H18N6O. The molecule has 0 saturated carbocycles. The van der Waals surface area contributed by atoms with E-state index in [-0.39, 0.29) is 5.91 Å². The van der Waals surface area contributed by atoms with Crippen molar-refractivity contribution in [2.24, 2.45) is 5.73 Å². The van der Waals surface area contributed by atoms with Crippen LogP contribution in [0.2, 0.25) is 0 Å². The number of imidazole rings is 1. The second kappa shape index (κ2) is 6.16. The molecule has 0 radical (unpaired) electrons. The van der Waals surface area contributed by atoms with Gasteiger partial charge in [0, 0.05) is 39.6 Å². The molecule has 2 aromatic rings. The summed E-state index contributed by atoms with van der Waals surface area (Å²) in [6.07, 6.45) is 4.95. The topological polar surface area (TPSA) is 89.1 Å². The Morgan fingerprint density at radius 2 is 2.25 bits per heavy atom. The summed E-state index contributed by atoms with van der Waals surface area (Å²) in [6, 6.07) is 3.58. The van der Waals surface area contributed by atoms with Gasteiger partial charge in [-0.25, -0.2) is 9.97 Å². The lowest BCUT2D eigenvalue weighted by Crippen LogP contribution is -2.18. The molecule has 20 heavy (non-hydrogen) atoms. The van der Waals surface area contributed by atoms with Gasteiger partial charge in [0.2, 0.25) is 0 Å². The van der Waals surface area contributed by atoms with Crippen molar-refractivity contribution < 1.29 is 4.79 Å². The third-order valence-electron chi connectivity index (χ3n) is 2.71. The zero-order valence-corrected chi connectivity index (χ0v) is 11.6. The molecule has 7 heteroatoms. The van der Waals surface area contributed by atoms with Crippen molar-refractivity contribution in [3.63, 3.8) is 0 Å². The van der Waals surface area contributed by atoms with Gasteiger partial charge in [-0.15, -0.1) is 0 Å². The van der Waals surface area contributed by atoms with Crippen LogP contribution < -0.4 is 16.0 Å². The monoisotopic (exact) mass is 274 g/mol. The van der Waals surface area contributed by atoms with E-state index in [9.17, 15) is 4.79 Å².